The lowest BCUT2D eigenvalue weighted by atomic mass is 10.1. The van der Waals surface area contributed by atoms with E-state index in [-0.39, 0.29) is 5.91 Å². The van der Waals surface area contributed by atoms with Crippen molar-refractivity contribution in [3.63, 3.8) is 0 Å². The number of ether oxygens (including phenoxy) is 3. The van der Waals surface area contributed by atoms with Gasteiger partial charge in [-0.2, -0.15) is 0 Å². The van der Waals surface area contributed by atoms with Crippen LogP contribution in [-0.4, -0.2) is 62.0 Å². The van der Waals surface area contributed by atoms with E-state index in [1.807, 2.05) is 26.0 Å². The normalized spacial score (nSPS) is 15.3. The topological polar surface area (TPSA) is 80.3 Å². The van der Waals surface area contributed by atoms with E-state index in [1.165, 1.54) is 0 Å². The van der Waals surface area contributed by atoms with Crippen LogP contribution in [0.25, 0.3) is 0 Å². The summed E-state index contributed by atoms with van der Waals surface area (Å²) in [6, 6.07) is 12.5. The average molecular weight is 429 g/mol. The van der Waals surface area contributed by atoms with Gasteiger partial charge in [0.25, 0.3) is 5.91 Å². The van der Waals surface area contributed by atoms with Crippen molar-refractivity contribution in [1.82, 2.24) is 4.90 Å². The van der Waals surface area contributed by atoms with Gasteiger partial charge >= 0.3 is 0 Å². The van der Waals surface area contributed by atoms with E-state index >= 15 is 0 Å². The molecule has 0 saturated carbocycles. The van der Waals surface area contributed by atoms with Crippen LogP contribution in [0.3, 0.4) is 0 Å². The number of nitrogens with zero attached hydrogens (tertiary/aromatic N) is 1. The highest BCUT2D eigenvalue weighted by Crippen LogP contribution is 2.25. The number of carbonyl (C=O) groups excluding carboxylic acids is 1. The van der Waals surface area contributed by atoms with Gasteiger partial charge in [-0.1, -0.05) is 12.1 Å². The van der Waals surface area contributed by atoms with Gasteiger partial charge in [0.1, 0.15) is 11.5 Å². The number of anilines is 1. The van der Waals surface area contributed by atoms with Gasteiger partial charge in [-0.3, -0.25) is 9.69 Å². The van der Waals surface area contributed by atoms with Crippen LogP contribution in [0.2, 0.25) is 0 Å². The minimum absolute atomic E-state index is 0.247. The molecule has 2 N–H and O–H groups in total. The monoisotopic (exact) mass is 428 g/mol. The number of morpholine rings is 1. The predicted octanol–water partition coefficient (Wildman–Crippen LogP) is 3.49. The van der Waals surface area contributed by atoms with Crippen LogP contribution >= 0.6 is 0 Å². The highest BCUT2D eigenvalue weighted by Gasteiger charge is 2.15. The molecule has 1 unspecified atom stereocenters. The van der Waals surface area contributed by atoms with Crippen molar-refractivity contribution in [1.29, 1.82) is 0 Å². The summed E-state index contributed by atoms with van der Waals surface area (Å²) in [5.74, 6) is 0.942. The van der Waals surface area contributed by atoms with Gasteiger partial charge in [-0.05, 0) is 50.1 Å². The maximum atomic E-state index is 12.7. The molecular formula is C24H32N2O5. The molecule has 1 fully saturated rings. The Morgan fingerprint density at radius 1 is 1.06 bits per heavy atom. The maximum Gasteiger partial charge on any atom is 0.255 e. The second-order valence-corrected chi connectivity index (χ2v) is 7.39. The number of carbonyl (C=O) groups is 1. The van der Waals surface area contributed by atoms with Crippen LogP contribution in [0, 0.1) is 0 Å². The fraction of sp³-hybridized carbons (Fsp3) is 0.458. The summed E-state index contributed by atoms with van der Waals surface area (Å²) in [5.41, 5.74) is 1.96. The summed E-state index contributed by atoms with van der Waals surface area (Å²) in [6.45, 7) is 8.96. The third-order valence-corrected chi connectivity index (χ3v) is 5.14. The van der Waals surface area contributed by atoms with E-state index < -0.39 is 6.10 Å². The molecule has 0 radical (unpaired) electrons. The predicted molar refractivity (Wildman–Crippen MR) is 120 cm³/mol. The number of hydrogen-bond acceptors (Lipinski definition) is 6. The minimum Gasteiger partial charge on any atom is -0.494 e. The van der Waals surface area contributed by atoms with Crippen molar-refractivity contribution in [3.05, 3.63) is 53.6 Å². The van der Waals surface area contributed by atoms with Gasteiger partial charge in [0.15, 0.2) is 0 Å². The summed E-state index contributed by atoms with van der Waals surface area (Å²) in [4.78, 5) is 15.0. The Kier molecular flexibility index (Phi) is 8.70. The van der Waals surface area contributed by atoms with Crippen molar-refractivity contribution in [3.8, 4) is 11.5 Å². The Hall–Kier alpha value is -2.61. The molecule has 7 nitrogen and oxygen atoms in total. The third kappa shape index (κ3) is 6.95. The number of rotatable bonds is 10. The van der Waals surface area contributed by atoms with Crippen molar-refractivity contribution < 1.29 is 24.1 Å². The van der Waals surface area contributed by atoms with E-state index in [9.17, 15) is 9.90 Å². The fourth-order valence-corrected chi connectivity index (χ4v) is 3.49. The molecule has 1 saturated heterocycles. The molecule has 1 aliphatic rings. The molecule has 2 aromatic carbocycles. The Morgan fingerprint density at radius 2 is 1.68 bits per heavy atom. The summed E-state index contributed by atoms with van der Waals surface area (Å²) < 4.78 is 16.4. The first-order valence-electron chi connectivity index (χ1n) is 10.9. The zero-order chi connectivity index (χ0) is 22.1. The number of amides is 1. The molecule has 1 amide bonds. The number of hydrogen-bond donors (Lipinski definition) is 2. The van der Waals surface area contributed by atoms with Crippen LogP contribution in [-0.2, 0) is 4.74 Å². The maximum absolute atomic E-state index is 12.7. The van der Waals surface area contributed by atoms with Crippen LogP contribution in [0.15, 0.2) is 42.5 Å². The molecule has 1 atom stereocenters. The summed E-state index contributed by atoms with van der Waals surface area (Å²) in [5, 5.41) is 13.4. The lowest BCUT2D eigenvalue weighted by Gasteiger charge is -2.27. The quantitative estimate of drug-likeness (QED) is 0.603. The molecular weight excluding hydrogens is 396 g/mol. The molecule has 0 bridgehead atoms. The Balaban J connectivity index is 1.59. The highest BCUT2D eigenvalue weighted by atomic mass is 16.5. The number of benzene rings is 2. The largest absolute Gasteiger partial charge is 0.494 e. The van der Waals surface area contributed by atoms with Gasteiger partial charge in [-0.15, -0.1) is 0 Å². The molecule has 0 aromatic heterocycles. The molecule has 7 heteroatoms. The molecule has 3 rings (SSSR count). The molecule has 168 valence electrons. The molecule has 0 spiro atoms. The van der Waals surface area contributed by atoms with Gasteiger partial charge < -0.3 is 24.6 Å². The first kappa shape index (κ1) is 23.1. The SMILES string of the molecule is CCOc1cc(OCC)cc(C(=O)Nc2ccc(C(O)CCN3CCOCC3)cc2)c1. The first-order valence-corrected chi connectivity index (χ1v) is 10.9. The molecule has 1 aliphatic heterocycles. The molecule has 1 heterocycles. The summed E-state index contributed by atoms with van der Waals surface area (Å²) >= 11 is 0. The number of nitrogens with one attached hydrogen (secondary N) is 1. The van der Waals surface area contributed by atoms with Crippen molar-refractivity contribution in [2.45, 2.75) is 26.4 Å². The molecule has 0 aliphatic carbocycles. The van der Waals surface area contributed by atoms with Gasteiger partial charge in [0.05, 0.1) is 32.5 Å². The number of aliphatic hydroxyl groups is 1. The van der Waals surface area contributed by atoms with Crippen LogP contribution in [0.1, 0.15) is 42.3 Å². The smallest absolute Gasteiger partial charge is 0.255 e. The minimum atomic E-state index is -0.538. The highest BCUT2D eigenvalue weighted by molar-refractivity contribution is 6.04. The van der Waals surface area contributed by atoms with Crippen molar-refractivity contribution in [2.75, 3.05) is 51.4 Å². The van der Waals surface area contributed by atoms with Crippen molar-refractivity contribution >= 4 is 11.6 Å². The summed E-state index contributed by atoms with van der Waals surface area (Å²) in [6.07, 6.45) is 0.125. The first-order chi connectivity index (χ1) is 15.1. The lowest BCUT2D eigenvalue weighted by Crippen LogP contribution is -2.37. The van der Waals surface area contributed by atoms with Crippen molar-refractivity contribution in [2.24, 2.45) is 0 Å². The Morgan fingerprint density at radius 3 is 2.26 bits per heavy atom. The number of aliphatic hydroxyl groups excluding tert-OH is 1. The van der Waals surface area contributed by atoms with E-state index in [4.69, 9.17) is 14.2 Å². The van der Waals surface area contributed by atoms with Crippen LogP contribution in [0.5, 0.6) is 11.5 Å². The molecule has 31 heavy (non-hydrogen) atoms. The van der Waals surface area contributed by atoms with Gasteiger partial charge in [0, 0.05) is 37.0 Å². The average Bonchev–Trinajstić information content (AvgIpc) is 2.79. The fourth-order valence-electron chi connectivity index (χ4n) is 3.49. The van der Waals surface area contributed by atoms with E-state index in [0.29, 0.717) is 42.4 Å². The van der Waals surface area contributed by atoms with E-state index in [1.54, 1.807) is 30.3 Å². The van der Waals surface area contributed by atoms with Gasteiger partial charge in [0.2, 0.25) is 0 Å². The standard InChI is InChI=1S/C24H32N2O5/c1-3-30-21-15-19(16-22(17-21)31-4-2)24(28)25-20-7-5-18(6-8-20)23(27)9-10-26-11-13-29-14-12-26/h5-8,15-17,23,27H,3-4,9-14H2,1-2H3,(H,25,28). The Labute approximate surface area is 183 Å². The van der Waals surface area contributed by atoms with Crippen LogP contribution in [0.4, 0.5) is 5.69 Å². The molecule has 2 aromatic rings. The second-order valence-electron chi connectivity index (χ2n) is 7.39. The van der Waals surface area contributed by atoms with Crippen LogP contribution < -0.4 is 14.8 Å². The van der Waals surface area contributed by atoms with E-state index in [2.05, 4.69) is 10.2 Å². The summed E-state index contributed by atoms with van der Waals surface area (Å²) in [7, 11) is 0. The Bertz CT molecular complexity index is 810. The third-order valence-electron chi connectivity index (χ3n) is 5.14. The lowest BCUT2D eigenvalue weighted by molar-refractivity contribution is 0.0300. The van der Waals surface area contributed by atoms with E-state index in [0.717, 1.165) is 38.4 Å². The zero-order valence-corrected chi connectivity index (χ0v) is 18.3. The van der Waals surface area contributed by atoms with Gasteiger partial charge in [-0.25, -0.2) is 0 Å². The zero-order valence-electron chi connectivity index (χ0n) is 18.3. The second kappa shape index (κ2) is 11.7.